The summed E-state index contributed by atoms with van der Waals surface area (Å²) in [6, 6.07) is 27.0. The van der Waals surface area contributed by atoms with E-state index >= 15 is 0 Å². The molecular weight excluding hydrogens is 436 g/mol. The third kappa shape index (κ3) is 7.19. The summed E-state index contributed by atoms with van der Waals surface area (Å²) in [6.45, 7) is 0.115. The Bertz CT molecular complexity index is 1090. The molecule has 1 unspecified atom stereocenters. The number of amides is 1. The Morgan fingerprint density at radius 2 is 1.54 bits per heavy atom. The van der Waals surface area contributed by atoms with Gasteiger partial charge in [-0.05, 0) is 66.1 Å². The maximum Gasteiger partial charge on any atom is 0.305 e. The lowest BCUT2D eigenvalue weighted by atomic mass is 9.83. The van der Waals surface area contributed by atoms with Crippen molar-refractivity contribution in [3.63, 3.8) is 0 Å². The fourth-order valence-corrected chi connectivity index (χ4v) is 4.84. The van der Waals surface area contributed by atoms with Crippen LogP contribution in [0.4, 0.5) is 5.69 Å². The number of carbonyl (C=O) groups is 2. The lowest BCUT2D eigenvalue weighted by molar-refractivity contribution is -0.136. The SMILES string of the molecule is O=C(O)CCNC(=O)c1ccc(NC(Cc2ccccc2)c2ccc(C3CCCCC3)cc2)cc1. The fraction of sp³-hybridized carbons (Fsp3) is 0.333. The number of carbonyl (C=O) groups excluding carboxylic acids is 1. The van der Waals surface area contributed by atoms with Crippen LogP contribution in [-0.2, 0) is 11.2 Å². The zero-order chi connectivity index (χ0) is 24.5. The molecule has 1 amide bonds. The zero-order valence-corrected chi connectivity index (χ0v) is 20.1. The van der Waals surface area contributed by atoms with Crippen molar-refractivity contribution in [1.29, 1.82) is 0 Å². The van der Waals surface area contributed by atoms with Crippen molar-refractivity contribution in [1.82, 2.24) is 5.32 Å². The first-order valence-electron chi connectivity index (χ1n) is 12.6. The molecule has 0 aliphatic heterocycles. The monoisotopic (exact) mass is 470 g/mol. The Morgan fingerprint density at radius 3 is 2.20 bits per heavy atom. The number of rotatable bonds is 10. The minimum Gasteiger partial charge on any atom is -0.481 e. The largest absolute Gasteiger partial charge is 0.481 e. The van der Waals surface area contributed by atoms with E-state index in [1.165, 1.54) is 48.8 Å². The quantitative estimate of drug-likeness (QED) is 0.323. The number of hydrogen-bond donors (Lipinski definition) is 3. The lowest BCUT2D eigenvalue weighted by Gasteiger charge is -2.24. The van der Waals surface area contributed by atoms with E-state index in [2.05, 4.69) is 59.2 Å². The van der Waals surface area contributed by atoms with Gasteiger partial charge in [-0.2, -0.15) is 0 Å². The van der Waals surface area contributed by atoms with E-state index in [9.17, 15) is 9.59 Å². The molecule has 5 heteroatoms. The van der Waals surface area contributed by atoms with Gasteiger partial charge in [0, 0.05) is 17.8 Å². The summed E-state index contributed by atoms with van der Waals surface area (Å²) in [5.74, 6) is -0.509. The van der Waals surface area contributed by atoms with Gasteiger partial charge in [-0.1, -0.05) is 73.9 Å². The van der Waals surface area contributed by atoms with Gasteiger partial charge < -0.3 is 15.7 Å². The second-order valence-corrected chi connectivity index (χ2v) is 9.37. The van der Waals surface area contributed by atoms with Crippen LogP contribution in [0.5, 0.6) is 0 Å². The number of carboxylic acids is 1. The van der Waals surface area contributed by atoms with E-state index in [0.717, 1.165) is 12.1 Å². The smallest absolute Gasteiger partial charge is 0.305 e. The maximum absolute atomic E-state index is 12.3. The molecule has 1 atom stereocenters. The van der Waals surface area contributed by atoms with Gasteiger partial charge in [-0.25, -0.2) is 0 Å². The minimum atomic E-state index is -0.930. The highest BCUT2D eigenvalue weighted by molar-refractivity contribution is 5.94. The Kier molecular flexibility index (Phi) is 8.55. The molecule has 0 bridgehead atoms. The Hall–Kier alpha value is -3.60. The summed E-state index contributed by atoms with van der Waals surface area (Å²) in [6.07, 6.45) is 7.37. The normalized spacial score (nSPS) is 14.7. The first-order chi connectivity index (χ1) is 17.1. The van der Waals surface area contributed by atoms with Gasteiger partial charge in [0.1, 0.15) is 0 Å². The molecule has 1 aliphatic rings. The van der Waals surface area contributed by atoms with Gasteiger partial charge in [0.05, 0.1) is 12.5 Å². The number of carboxylic acid groups (broad SMARTS) is 1. The van der Waals surface area contributed by atoms with Gasteiger partial charge >= 0.3 is 5.97 Å². The third-order valence-corrected chi connectivity index (χ3v) is 6.81. The van der Waals surface area contributed by atoms with Gasteiger partial charge in [0.25, 0.3) is 5.91 Å². The summed E-state index contributed by atoms with van der Waals surface area (Å²) in [5.41, 5.74) is 5.40. The molecule has 1 fully saturated rings. The van der Waals surface area contributed by atoms with Crippen molar-refractivity contribution in [3.8, 4) is 0 Å². The summed E-state index contributed by atoms with van der Waals surface area (Å²) >= 11 is 0. The van der Waals surface area contributed by atoms with Gasteiger partial charge in [0.2, 0.25) is 0 Å². The van der Waals surface area contributed by atoms with Crippen LogP contribution in [-0.4, -0.2) is 23.5 Å². The van der Waals surface area contributed by atoms with Crippen LogP contribution in [0.25, 0.3) is 0 Å². The van der Waals surface area contributed by atoms with E-state index < -0.39 is 5.97 Å². The molecule has 1 saturated carbocycles. The molecule has 182 valence electrons. The highest BCUT2D eigenvalue weighted by atomic mass is 16.4. The summed E-state index contributed by atoms with van der Waals surface area (Å²) in [5, 5.41) is 15.0. The van der Waals surface area contributed by atoms with Crippen molar-refractivity contribution in [2.24, 2.45) is 0 Å². The standard InChI is InChI=1S/C30H34N2O3/c33-29(34)19-20-31-30(35)26-15-17-27(18-16-26)32-28(21-22-7-3-1-4-8-22)25-13-11-24(12-14-25)23-9-5-2-6-10-23/h1,3-4,7-8,11-18,23,28,32H,2,5-6,9-10,19-21H2,(H,31,35)(H,33,34). The van der Waals surface area contributed by atoms with Crippen molar-refractivity contribution >= 4 is 17.6 Å². The number of anilines is 1. The van der Waals surface area contributed by atoms with Crippen molar-refractivity contribution in [3.05, 3.63) is 101 Å². The van der Waals surface area contributed by atoms with Crippen molar-refractivity contribution in [2.75, 3.05) is 11.9 Å². The summed E-state index contributed by atoms with van der Waals surface area (Å²) in [7, 11) is 0. The molecule has 0 saturated heterocycles. The molecule has 0 radical (unpaired) electrons. The van der Waals surface area contributed by atoms with Crippen molar-refractivity contribution in [2.45, 2.75) is 56.9 Å². The topological polar surface area (TPSA) is 78.4 Å². The van der Waals surface area contributed by atoms with Gasteiger partial charge in [-0.3, -0.25) is 9.59 Å². The summed E-state index contributed by atoms with van der Waals surface area (Å²) < 4.78 is 0. The van der Waals surface area contributed by atoms with Crippen molar-refractivity contribution < 1.29 is 14.7 Å². The molecule has 5 nitrogen and oxygen atoms in total. The number of hydrogen-bond acceptors (Lipinski definition) is 3. The molecule has 3 aromatic carbocycles. The predicted molar refractivity (Wildman–Crippen MR) is 140 cm³/mol. The van der Waals surface area contributed by atoms with Crippen LogP contribution >= 0.6 is 0 Å². The Balaban J connectivity index is 1.47. The van der Waals surface area contributed by atoms with Crippen LogP contribution in [0.2, 0.25) is 0 Å². The second-order valence-electron chi connectivity index (χ2n) is 9.37. The number of nitrogens with one attached hydrogen (secondary N) is 2. The molecule has 3 N–H and O–H groups in total. The highest BCUT2D eigenvalue weighted by Crippen LogP contribution is 2.33. The molecule has 35 heavy (non-hydrogen) atoms. The Morgan fingerprint density at radius 1 is 0.857 bits per heavy atom. The summed E-state index contributed by atoms with van der Waals surface area (Å²) in [4.78, 5) is 22.9. The first kappa shape index (κ1) is 24.5. The highest BCUT2D eigenvalue weighted by Gasteiger charge is 2.17. The second kappa shape index (κ2) is 12.2. The van der Waals surface area contributed by atoms with E-state index in [-0.39, 0.29) is 24.9 Å². The van der Waals surface area contributed by atoms with E-state index in [1.807, 2.05) is 18.2 Å². The lowest BCUT2D eigenvalue weighted by Crippen LogP contribution is -2.25. The van der Waals surface area contributed by atoms with E-state index in [0.29, 0.717) is 11.5 Å². The fourth-order valence-electron chi connectivity index (χ4n) is 4.84. The molecule has 0 spiro atoms. The van der Waals surface area contributed by atoms with Crippen LogP contribution in [0.3, 0.4) is 0 Å². The molecule has 0 aromatic heterocycles. The predicted octanol–water partition coefficient (Wildman–Crippen LogP) is 6.33. The Labute approximate surface area is 207 Å². The maximum atomic E-state index is 12.3. The molecule has 4 rings (SSSR count). The molecule has 3 aromatic rings. The van der Waals surface area contributed by atoms with Crippen LogP contribution in [0.1, 0.15) is 77.5 Å². The molecule has 1 aliphatic carbocycles. The minimum absolute atomic E-state index is 0.0908. The van der Waals surface area contributed by atoms with Crippen LogP contribution in [0.15, 0.2) is 78.9 Å². The van der Waals surface area contributed by atoms with Crippen LogP contribution in [0, 0.1) is 0 Å². The van der Waals surface area contributed by atoms with E-state index in [4.69, 9.17) is 5.11 Å². The average Bonchev–Trinajstić information content (AvgIpc) is 2.90. The zero-order valence-electron chi connectivity index (χ0n) is 20.1. The number of aliphatic carboxylic acids is 1. The number of benzene rings is 3. The molecular formula is C30H34N2O3. The third-order valence-electron chi connectivity index (χ3n) is 6.81. The molecule has 0 heterocycles. The average molecular weight is 471 g/mol. The van der Waals surface area contributed by atoms with Gasteiger partial charge in [-0.15, -0.1) is 0 Å². The van der Waals surface area contributed by atoms with Gasteiger partial charge in [0.15, 0.2) is 0 Å². The van der Waals surface area contributed by atoms with Crippen LogP contribution < -0.4 is 10.6 Å². The first-order valence-corrected chi connectivity index (χ1v) is 12.6. The van der Waals surface area contributed by atoms with E-state index in [1.54, 1.807) is 12.1 Å².